The van der Waals surface area contributed by atoms with E-state index in [1.54, 1.807) is 0 Å². The van der Waals surface area contributed by atoms with Gasteiger partial charge < -0.3 is 5.32 Å². The first-order valence-corrected chi connectivity index (χ1v) is 8.02. The molecule has 1 fully saturated rings. The molecule has 2 heterocycles. The second-order valence-corrected chi connectivity index (χ2v) is 8.12. The Morgan fingerprint density at radius 3 is 2.68 bits per heavy atom. The van der Waals surface area contributed by atoms with Crippen molar-refractivity contribution in [1.82, 2.24) is 15.2 Å². The van der Waals surface area contributed by atoms with Gasteiger partial charge in [-0.05, 0) is 26.2 Å². The number of thiazole rings is 1. The number of aromatic nitrogens is 1. The SMILES string of the molecule is Cc1cnc(C(C)N2CC(C(C)(C)C)NCC2C)s1. The van der Waals surface area contributed by atoms with E-state index >= 15 is 0 Å². The van der Waals surface area contributed by atoms with Crippen LogP contribution in [0.25, 0.3) is 0 Å². The van der Waals surface area contributed by atoms with E-state index in [9.17, 15) is 0 Å². The van der Waals surface area contributed by atoms with E-state index in [1.165, 1.54) is 9.88 Å². The van der Waals surface area contributed by atoms with Crippen LogP contribution in [0.3, 0.4) is 0 Å². The maximum absolute atomic E-state index is 4.57. The van der Waals surface area contributed by atoms with Crippen molar-refractivity contribution in [2.45, 2.75) is 59.7 Å². The summed E-state index contributed by atoms with van der Waals surface area (Å²) in [6, 6.07) is 1.53. The minimum absolute atomic E-state index is 0.302. The first kappa shape index (κ1) is 14.9. The molecule has 1 aromatic rings. The standard InChI is InChI=1S/C15H27N3S/c1-10-7-16-13(15(4,5)6)9-18(10)12(3)14-17-8-11(2)19-14/h8,10,12-13,16H,7,9H2,1-6H3. The highest BCUT2D eigenvalue weighted by Crippen LogP contribution is 2.31. The Balaban J connectivity index is 2.13. The van der Waals surface area contributed by atoms with Gasteiger partial charge in [0.1, 0.15) is 5.01 Å². The molecule has 1 N–H and O–H groups in total. The molecular weight excluding hydrogens is 254 g/mol. The molecule has 4 heteroatoms. The van der Waals surface area contributed by atoms with Crippen molar-refractivity contribution >= 4 is 11.3 Å². The Bertz CT molecular complexity index is 421. The van der Waals surface area contributed by atoms with Gasteiger partial charge in [0.05, 0.1) is 6.04 Å². The summed E-state index contributed by atoms with van der Waals surface area (Å²) in [5.41, 5.74) is 0.302. The Morgan fingerprint density at radius 1 is 1.47 bits per heavy atom. The van der Waals surface area contributed by atoms with Crippen LogP contribution in [0, 0.1) is 12.3 Å². The molecule has 0 bridgehead atoms. The number of nitrogens with one attached hydrogen (secondary N) is 1. The normalized spacial score (nSPS) is 27.5. The molecule has 1 aliphatic rings. The fraction of sp³-hybridized carbons (Fsp3) is 0.800. The van der Waals surface area contributed by atoms with Crippen molar-refractivity contribution in [2.75, 3.05) is 13.1 Å². The molecule has 1 aliphatic heterocycles. The van der Waals surface area contributed by atoms with Gasteiger partial charge in [0.15, 0.2) is 0 Å². The van der Waals surface area contributed by atoms with Crippen LogP contribution in [-0.2, 0) is 0 Å². The van der Waals surface area contributed by atoms with E-state index in [4.69, 9.17) is 0 Å². The summed E-state index contributed by atoms with van der Waals surface area (Å²) in [6.07, 6.45) is 1.99. The molecule has 0 saturated carbocycles. The lowest BCUT2D eigenvalue weighted by Gasteiger charge is -2.46. The number of nitrogens with zero attached hydrogens (tertiary/aromatic N) is 2. The third-order valence-electron chi connectivity index (χ3n) is 4.16. The molecular formula is C15H27N3S. The summed E-state index contributed by atoms with van der Waals surface area (Å²) >= 11 is 1.83. The molecule has 3 unspecified atom stereocenters. The lowest BCUT2D eigenvalue weighted by Crippen LogP contribution is -2.59. The van der Waals surface area contributed by atoms with Crippen molar-refractivity contribution in [3.8, 4) is 0 Å². The van der Waals surface area contributed by atoms with Crippen LogP contribution in [0.1, 0.15) is 50.5 Å². The summed E-state index contributed by atoms with van der Waals surface area (Å²) < 4.78 is 0. The average molecular weight is 281 g/mol. The van der Waals surface area contributed by atoms with Crippen molar-refractivity contribution in [2.24, 2.45) is 5.41 Å². The van der Waals surface area contributed by atoms with Crippen molar-refractivity contribution in [1.29, 1.82) is 0 Å². The van der Waals surface area contributed by atoms with Gasteiger partial charge in [-0.25, -0.2) is 4.98 Å². The molecule has 108 valence electrons. The largest absolute Gasteiger partial charge is 0.311 e. The van der Waals surface area contributed by atoms with Crippen LogP contribution >= 0.6 is 11.3 Å². The molecule has 0 spiro atoms. The fourth-order valence-corrected chi connectivity index (χ4v) is 3.56. The number of piperazine rings is 1. The van der Waals surface area contributed by atoms with Gasteiger partial charge in [-0.2, -0.15) is 0 Å². The minimum Gasteiger partial charge on any atom is -0.311 e. The van der Waals surface area contributed by atoms with Crippen LogP contribution in [0.2, 0.25) is 0 Å². The van der Waals surface area contributed by atoms with Crippen LogP contribution in [0.4, 0.5) is 0 Å². The summed E-state index contributed by atoms with van der Waals surface area (Å²) in [5, 5.41) is 4.94. The van der Waals surface area contributed by atoms with Crippen LogP contribution < -0.4 is 5.32 Å². The first-order valence-electron chi connectivity index (χ1n) is 7.20. The van der Waals surface area contributed by atoms with E-state index in [-0.39, 0.29) is 0 Å². The summed E-state index contributed by atoms with van der Waals surface area (Å²) in [4.78, 5) is 8.47. The summed E-state index contributed by atoms with van der Waals surface area (Å²) in [6.45, 7) is 15.8. The second-order valence-electron chi connectivity index (χ2n) is 6.86. The molecule has 0 radical (unpaired) electrons. The van der Waals surface area contributed by atoms with Gasteiger partial charge in [0, 0.05) is 36.2 Å². The van der Waals surface area contributed by atoms with E-state index < -0.39 is 0 Å². The predicted octanol–water partition coefficient (Wildman–Crippen LogP) is 3.22. The summed E-state index contributed by atoms with van der Waals surface area (Å²) in [7, 11) is 0. The number of aryl methyl sites for hydroxylation is 1. The smallest absolute Gasteiger partial charge is 0.110 e. The van der Waals surface area contributed by atoms with Crippen molar-refractivity contribution in [3.05, 3.63) is 16.1 Å². The monoisotopic (exact) mass is 281 g/mol. The zero-order chi connectivity index (χ0) is 14.2. The average Bonchev–Trinajstić information content (AvgIpc) is 2.74. The third-order valence-corrected chi connectivity index (χ3v) is 5.24. The first-order chi connectivity index (χ1) is 8.79. The van der Waals surface area contributed by atoms with Crippen LogP contribution in [-0.4, -0.2) is 35.1 Å². The number of hydrogen-bond acceptors (Lipinski definition) is 4. The number of rotatable bonds is 2. The zero-order valence-electron chi connectivity index (χ0n) is 13.0. The Hall–Kier alpha value is -0.450. The third kappa shape index (κ3) is 3.36. The maximum atomic E-state index is 4.57. The molecule has 3 atom stereocenters. The highest BCUT2D eigenvalue weighted by Gasteiger charge is 2.35. The minimum atomic E-state index is 0.302. The maximum Gasteiger partial charge on any atom is 0.110 e. The van der Waals surface area contributed by atoms with Gasteiger partial charge in [-0.3, -0.25) is 4.90 Å². The lowest BCUT2D eigenvalue weighted by molar-refractivity contribution is 0.0627. The molecule has 2 rings (SSSR count). The van der Waals surface area contributed by atoms with Gasteiger partial charge in [0.2, 0.25) is 0 Å². The van der Waals surface area contributed by atoms with Crippen LogP contribution in [0.5, 0.6) is 0 Å². The van der Waals surface area contributed by atoms with E-state index in [2.05, 4.69) is 56.7 Å². The Morgan fingerprint density at radius 2 is 2.16 bits per heavy atom. The van der Waals surface area contributed by atoms with Gasteiger partial charge >= 0.3 is 0 Å². The Labute approximate surface area is 121 Å². The molecule has 19 heavy (non-hydrogen) atoms. The highest BCUT2D eigenvalue weighted by molar-refractivity contribution is 7.11. The number of hydrogen-bond donors (Lipinski definition) is 1. The highest BCUT2D eigenvalue weighted by atomic mass is 32.1. The van der Waals surface area contributed by atoms with Crippen LogP contribution in [0.15, 0.2) is 6.20 Å². The Kier molecular flexibility index (Phi) is 4.33. The second kappa shape index (κ2) is 5.51. The molecule has 0 amide bonds. The molecule has 0 aliphatic carbocycles. The lowest BCUT2D eigenvalue weighted by atomic mass is 9.84. The quantitative estimate of drug-likeness (QED) is 0.902. The van der Waals surface area contributed by atoms with E-state index in [0.29, 0.717) is 23.5 Å². The summed E-state index contributed by atoms with van der Waals surface area (Å²) in [5.74, 6) is 0. The molecule has 3 nitrogen and oxygen atoms in total. The topological polar surface area (TPSA) is 28.2 Å². The molecule has 1 aromatic heterocycles. The van der Waals surface area contributed by atoms with Crippen molar-refractivity contribution in [3.63, 3.8) is 0 Å². The fourth-order valence-electron chi connectivity index (χ4n) is 2.71. The van der Waals surface area contributed by atoms with Gasteiger partial charge in [0.25, 0.3) is 0 Å². The molecule has 0 aromatic carbocycles. The molecule has 1 saturated heterocycles. The van der Waals surface area contributed by atoms with Gasteiger partial charge in [-0.1, -0.05) is 20.8 Å². The predicted molar refractivity (Wildman–Crippen MR) is 82.7 cm³/mol. The van der Waals surface area contributed by atoms with Crippen molar-refractivity contribution < 1.29 is 0 Å². The van der Waals surface area contributed by atoms with Gasteiger partial charge in [-0.15, -0.1) is 11.3 Å². The zero-order valence-corrected chi connectivity index (χ0v) is 13.8. The van der Waals surface area contributed by atoms with E-state index in [0.717, 1.165) is 13.1 Å². The van der Waals surface area contributed by atoms with E-state index in [1.807, 2.05) is 17.5 Å².